The van der Waals surface area contributed by atoms with Crippen LogP contribution in [0.25, 0.3) is 0 Å². The van der Waals surface area contributed by atoms with Crippen LogP contribution in [0.15, 0.2) is 54.6 Å². The zero-order valence-corrected chi connectivity index (χ0v) is 12.7. The first-order valence-electron chi connectivity index (χ1n) is 6.96. The second-order valence-electron chi connectivity index (χ2n) is 5.58. The third-order valence-electron chi connectivity index (χ3n) is 3.98. The number of methoxy groups -OCH3 is 1. The van der Waals surface area contributed by atoms with Gasteiger partial charge in [-0.25, -0.2) is 0 Å². The Hall–Kier alpha value is -1.80. The second kappa shape index (κ2) is 6.10. The van der Waals surface area contributed by atoms with Crippen molar-refractivity contribution in [2.45, 2.75) is 25.3 Å². The van der Waals surface area contributed by atoms with Gasteiger partial charge >= 0.3 is 0 Å². The van der Waals surface area contributed by atoms with Gasteiger partial charge in [0.15, 0.2) is 0 Å². The maximum Gasteiger partial charge on any atom is 0.118 e. The SMILES string of the molecule is CNC(c1ccc(OC)cc1)C(C)(C)c1ccccc1. The van der Waals surface area contributed by atoms with Gasteiger partial charge in [0.1, 0.15) is 5.75 Å². The molecule has 0 aliphatic carbocycles. The molecule has 0 radical (unpaired) electrons. The van der Waals surface area contributed by atoms with E-state index in [1.807, 2.05) is 19.2 Å². The molecule has 0 aliphatic rings. The smallest absolute Gasteiger partial charge is 0.118 e. The summed E-state index contributed by atoms with van der Waals surface area (Å²) in [7, 11) is 3.71. The number of likely N-dealkylation sites (N-methyl/N-ethyl adjacent to an activating group) is 1. The Morgan fingerprint density at radius 1 is 0.950 bits per heavy atom. The molecule has 0 fully saturated rings. The number of hydrogen-bond donors (Lipinski definition) is 1. The van der Waals surface area contributed by atoms with Crippen molar-refractivity contribution in [3.63, 3.8) is 0 Å². The van der Waals surface area contributed by atoms with Gasteiger partial charge in [0.05, 0.1) is 7.11 Å². The summed E-state index contributed by atoms with van der Waals surface area (Å²) in [5, 5.41) is 3.45. The summed E-state index contributed by atoms with van der Waals surface area (Å²) >= 11 is 0. The van der Waals surface area contributed by atoms with Gasteiger partial charge in [0.2, 0.25) is 0 Å². The lowest BCUT2D eigenvalue weighted by atomic mass is 9.75. The molecule has 0 heterocycles. The monoisotopic (exact) mass is 269 g/mol. The zero-order valence-electron chi connectivity index (χ0n) is 12.7. The van der Waals surface area contributed by atoms with Crippen LogP contribution in [0, 0.1) is 0 Å². The molecule has 0 saturated carbocycles. The van der Waals surface area contributed by atoms with E-state index in [9.17, 15) is 0 Å². The van der Waals surface area contributed by atoms with E-state index in [1.165, 1.54) is 11.1 Å². The van der Waals surface area contributed by atoms with Crippen molar-refractivity contribution in [1.82, 2.24) is 5.32 Å². The predicted molar refractivity (Wildman–Crippen MR) is 84.3 cm³/mol. The molecule has 20 heavy (non-hydrogen) atoms. The standard InChI is InChI=1S/C18H23NO/c1-18(2,15-8-6-5-7-9-15)17(19-3)14-10-12-16(20-4)13-11-14/h5-13,17,19H,1-4H3. The van der Waals surface area contributed by atoms with Gasteiger partial charge < -0.3 is 10.1 Å². The van der Waals surface area contributed by atoms with E-state index in [1.54, 1.807) is 7.11 Å². The van der Waals surface area contributed by atoms with Crippen LogP contribution in [-0.2, 0) is 5.41 Å². The topological polar surface area (TPSA) is 21.3 Å². The Bertz CT molecular complexity index is 531. The molecule has 106 valence electrons. The molecule has 2 aromatic carbocycles. The lowest BCUT2D eigenvalue weighted by molar-refractivity contribution is 0.367. The average molecular weight is 269 g/mol. The highest BCUT2D eigenvalue weighted by Gasteiger charge is 2.31. The summed E-state index contributed by atoms with van der Waals surface area (Å²) in [5.41, 5.74) is 2.60. The first-order valence-corrected chi connectivity index (χ1v) is 6.96. The number of hydrogen-bond acceptors (Lipinski definition) is 2. The van der Waals surface area contributed by atoms with Crippen LogP contribution in [0.1, 0.15) is 31.0 Å². The van der Waals surface area contributed by atoms with Gasteiger partial charge in [-0.15, -0.1) is 0 Å². The third kappa shape index (κ3) is 2.86. The molecule has 0 aliphatic heterocycles. The van der Waals surface area contributed by atoms with E-state index in [4.69, 9.17) is 4.74 Å². The Balaban J connectivity index is 2.35. The van der Waals surface area contributed by atoms with Gasteiger partial charge in [-0.3, -0.25) is 0 Å². The van der Waals surface area contributed by atoms with Crippen LogP contribution in [-0.4, -0.2) is 14.2 Å². The first-order chi connectivity index (χ1) is 9.59. The second-order valence-corrected chi connectivity index (χ2v) is 5.58. The van der Waals surface area contributed by atoms with Crippen LogP contribution in [0.5, 0.6) is 5.75 Å². The van der Waals surface area contributed by atoms with Gasteiger partial charge in [-0.2, -0.15) is 0 Å². The molecule has 1 unspecified atom stereocenters. The van der Waals surface area contributed by atoms with Crippen LogP contribution in [0.2, 0.25) is 0 Å². The van der Waals surface area contributed by atoms with Gasteiger partial charge in [-0.05, 0) is 30.3 Å². The normalized spacial score (nSPS) is 13.0. The summed E-state index contributed by atoms with van der Waals surface area (Å²) in [5.74, 6) is 0.890. The molecular formula is C18H23NO. The lowest BCUT2D eigenvalue weighted by Crippen LogP contribution is -2.35. The summed E-state index contributed by atoms with van der Waals surface area (Å²) in [6.45, 7) is 4.54. The van der Waals surface area contributed by atoms with E-state index >= 15 is 0 Å². The molecule has 1 N–H and O–H groups in total. The molecule has 1 atom stereocenters. The predicted octanol–water partition coefficient (Wildman–Crippen LogP) is 3.93. The molecule has 0 bridgehead atoms. The lowest BCUT2D eigenvalue weighted by Gasteiger charge is -2.35. The summed E-state index contributed by atoms with van der Waals surface area (Å²) in [6.07, 6.45) is 0. The maximum absolute atomic E-state index is 5.23. The average Bonchev–Trinajstić information content (AvgIpc) is 2.49. The Morgan fingerprint density at radius 2 is 1.55 bits per heavy atom. The number of ether oxygens (including phenoxy) is 1. The first kappa shape index (κ1) is 14.6. The largest absolute Gasteiger partial charge is 0.497 e. The minimum Gasteiger partial charge on any atom is -0.497 e. The fourth-order valence-corrected chi connectivity index (χ4v) is 2.77. The van der Waals surface area contributed by atoms with E-state index in [0.717, 1.165) is 5.75 Å². The van der Waals surface area contributed by atoms with Crippen molar-refractivity contribution >= 4 is 0 Å². The van der Waals surface area contributed by atoms with Gasteiger partial charge in [0, 0.05) is 11.5 Å². The Labute approximate surface area is 121 Å². The highest BCUT2D eigenvalue weighted by atomic mass is 16.5. The minimum absolute atomic E-state index is 0.00456. The summed E-state index contributed by atoms with van der Waals surface area (Å²) in [6, 6.07) is 19.2. The fraction of sp³-hybridized carbons (Fsp3) is 0.333. The van der Waals surface area contributed by atoms with E-state index in [0.29, 0.717) is 0 Å². The molecule has 0 amide bonds. The summed E-state index contributed by atoms with van der Waals surface area (Å²) in [4.78, 5) is 0. The fourth-order valence-electron chi connectivity index (χ4n) is 2.77. The van der Waals surface area contributed by atoms with Crippen molar-refractivity contribution < 1.29 is 4.74 Å². The highest BCUT2D eigenvalue weighted by molar-refractivity contribution is 5.35. The molecule has 2 aromatic rings. The zero-order chi connectivity index (χ0) is 14.6. The minimum atomic E-state index is 0.00456. The van der Waals surface area contributed by atoms with Crippen molar-refractivity contribution in [3.8, 4) is 5.75 Å². The van der Waals surface area contributed by atoms with Crippen molar-refractivity contribution in [2.75, 3.05) is 14.2 Å². The van der Waals surface area contributed by atoms with Crippen molar-refractivity contribution in [3.05, 3.63) is 65.7 Å². The summed E-state index contributed by atoms with van der Waals surface area (Å²) < 4.78 is 5.23. The van der Waals surface area contributed by atoms with E-state index in [2.05, 4.69) is 61.6 Å². The van der Waals surface area contributed by atoms with E-state index < -0.39 is 0 Å². The highest BCUT2D eigenvalue weighted by Crippen LogP contribution is 2.36. The molecule has 2 heteroatoms. The quantitative estimate of drug-likeness (QED) is 0.888. The molecular weight excluding hydrogens is 246 g/mol. The Kier molecular flexibility index (Phi) is 4.46. The van der Waals surface area contributed by atoms with Crippen LogP contribution in [0.3, 0.4) is 0 Å². The van der Waals surface area contributed by atoms with Crippen LogP contribution < -0.4 is 10.1 Å². The van der Waals surface area contributed by atoms with Gasteiger partial charge in [0.25, 0.3) is 0 Å². The number of nitrogens with one attached hydrogen (secondary N) is 1. The molecule has 2 nitrogen and oxygen atoms in total. The van der Waals surface area contributed by atoms with Crippen molar-refractivity contribution in [2.24, 2.45) is 0 Å². The van der Waals surface area contributed by atoms with Crippen LogP contribution >= 0.6 is 0 Å². The molecule has 0 spiro atoms. The number of benzene rings is 2. The molecule has 0 aromatic heterocycles. The van der Waals surface area contributed by atoms with Crippen molar-refractivity contribution in [1.29, 1.82) is 0 Å². The number of rotatable bonds is 5. The van der Waals surface area contributed by atoms with Crippen LogP contribution in [0.4, 0.5) is 0 Å². The maximum atomic E-state index is 5.23. The van der Waals surface area contributed by atoms with E-state index in [-0.39, 0.29) is 11.5 Å². The molecule has 2 rings (SSSR count). The third-order valence-corrected chi connectivity index (χ3v) is 3.98. The molecule has 0 saturated heterocycles. The van der Waals surface area contributed by atoms with Gasteiger partial charge in [-0.1, -0.05) is 56.3 Å². The Morgan fingerprint density at radius 3 is 2.05 bits per heavy atom.